The zero-order valence-corrected chi connectivity index (χ0v) is 9.82. The molecule has 1 aromatic carbocycles. The van der Waals surface area contributed by atoms with Crippen LogP contribution < -0.4 is 11.1 Å². The van der Waals surface area contributed by atoms with Gasteiger partial charge in [0.15, 0.2) is 0 Å². The summed E-state index contributed by atoms with van der Waals surface area (Å²) in [6.45, 7) is 0.268. The summed E-state index contributed by atoms with van der Waals surface area (Å²) in [5.41, 5.74) is 5.00. The summed E-state index contributed by atoms with van der Waals surface area (Å²) in [4.78, 5) is 11.6. The predicted octanol–water partition coefficient (Wildman–Crippen LogP) is 1.30. The van der Waals surface area contributed by atoms with Crippen LogP contribution in [-0.2, 0) is 11.2 Å². The first-order chi connectivity index (χ1) is 8.00. The Morgan fingerprint density at radius 1 is 1.35 bits per heavy atom. The van der Waals surface area contributed by atoms with Gasteiger partial charge in [0.1, 0.15) is 11.6 Å². The number of rotatable bonds is 5. The molecule has 92 valence electrons. The minimum atomic E-state index is -0.727. The van der Waals surface area contributed by atoms with Gasteiger partial charge in [-0.05, 0) is 12.1 Å². The van der Waals surface area contributed by atoms with Crippen molar-refractivity contribution in [3.63, 3.8) is 0 Å². The number of halogens is 2. The lowest BCUT2D eigenvalue weighted by molar-refractivity contribution is -0.120. The summed E-state index contributed by atoms with van der Waals surface area (Å²) < 4.78 is 26.4. The van der Waals surface area contributed by atoms with Crippen LogP contribution in [0, 0.1) is 11.6 Å². The van der Waals surface area contributed by atoms with Gasteiger partial charge in [-0.2, -0.15) is 0 Å². The first-order valence-electron chi connectivity index (χ1n) is 4.98. The molecule has 3 N–H and O–H groups in total. The van der Waals surface area contributed by atoms with E-state index in [0.717, 1.165) is 12.1 Å². The lowest BCUT2D eigenvalue weighted by Crippen LogP contribution is -2.29. The van der Waals surface area contributed by atoms with Crippen molar-refractivity contribution in [2.45, 2.75) is 12.8 Å². The smallest absolute Gasteiger partial charge is 0.224 e. The molecule has 0 saturated heterocycles. The van der Waals surface area contributed by atoms with E-state index in [0.29, 0.717) is 6.42 Å². The third-order valence-electron chi connectivity index (χ3n) is 2.09. The molecule has 0 heterocycles. The van der Waals surface area contributed by atoms with Crippen LogP contribution in [0.5, 0.6) is 0 Å². The predicted molar refractivity (Wildman–Crippen MR) is 64.5 cm³/mol. The normalized spacial score (nSPS) is 10.0. The fourth-order valence-electron chi connectivity index (χ4n) is 1.25. The number of amides is 1. The molecule has 0 aliphatic rings. The van der Waals surface area contributed by atoms with E-state index in [4.69, 9.17) is 5.73 Å². The molecule has 17 heavy (non-hydrogen) atoms. The van der Waals surface area contributed by atoms with Gasteiger partial charge in [0.25, 0.3) is 0 Å². The summed E-state index contributed by atoms with van der Waals surface area (Å²) in [5.74, 6) is -1.92. The first-order valence-corrected chi connectivity index (χ1v) is 5.39. The van der Waals surface area contributed by atoms with Gasteiger partial charge in [-0.15, -0.1) is 0 Å². The molecule has 0 aromatic heterocycles. The number of hydrogen-bond acceptors (Lipinski definition) is 2. The highest BCUT2D eigenvalue weighted by Gasteiger charge is 2.12. The monoisotopic (exact) mass is 258 g/mol. The molecule has 0 unspecified atom stereocenters. The van der Waals surface area contributed by atoms with Gasteiger partial charge in [-0.25, -0.2) is 8.78 Å². The van der Waals surface area contributed by atoms with Crippen molar-refractivity contribution in [2.75, 3.05) is 6.54 Å². The summed E-state index contributed by atoms with van der Waals surface area (Å²) in [6, 6.07) is 3.47. The first kappa shape index (κ1) is 13.5. The van der Waals surface area contributed by atoms with E-state index in [1.807, 2.05) is 0 Å². The maximum atomic E-state index is 13.2. The molecule has 6 heteroatoms. The van der Waals surface area contributed by atoms with Crippen LogP contribution in [0.1, 0.15) is 12.0 Å². The summed E-state index contributed by atoms with van der Waals surface area (Å²) in [7, 11) is 0. The Morgan fingerprint density at radius 3 is 2.47 bits per heavy atom. The van der Waals surface area contributed by atoms with Crippen molar-refractivity contribution in [2.24, 2.45) is 5.73 Å². The fraction of sp³-hybridized carbons (Fsp3) is 0.273. The number of carbonyl (C=O) groups excluding carboxylic acids is 1. The van der Waals surface area contributed by atoms with Crippen molar-refractivity contribution < 1.29 is 13.6 Å². The van der Waals surface area contributed by atoms with E-state index in [2.05, 4.69) is 17.5 Å². The molecule has 3 nitrogen and oxygen atoms in total. The molecular weight excluding hydrogens is 246 g/mol. The fourth-order valence-corrected chi connectivity index (χ4v) is 1.35. The number of hydrogen-bond donors (Lipinski definition) is 2. The van der Waals surface area contributed by atoms with E-state index in [1.54, 1.807) is 0 Å². The second kappa shape index (κ2) is 6.24. The molecule has 0 aliphatic carbocycles. The minimum Gasteiger partial charge on any atom is -0.393 e. The molecule has 1 rings (SSSR count). The van der Waals surface area contributed by atoms with Crippen LogP contribution >= 0.6 is 12.2 Å². The van der Waals surface area contributed by atoms with Gasteiger partial charge in [0, 0.05) is 18.5 Å². The molecule has 0 fully saturated rings. The third-order valence-corrected chi connectivity index (χ3v) is 2.30. The quantitative estimate of drug-likeness (QED) is 0.783. The Bertz CT molecular complexity index is 417. The summed E-state index contributed by atoms with van der Waals surface area (Å²) >= 11 is 4.63. The molecule has 1 amide bonds. The molecule has 0 radical (unpaired) electrons. The number of thiocarbonyl (C=S) groups is 1. The van der Waals surface area contributed by atoms with Gasteiger partial charge in [-0.3, -0.25) is 4.79 Å². The van der Waals surface area contributed by atoms with Crippen molar-refractivity contribution in [1.82, 2.24) is 5.32 Å². The second-order valence-electron chi connectivity index (χ2n) is 3.44. The molecule has 0 bridgehead atoms. The zero-order chi connectivity index (χ0) is 12.8. The van der Waals surface area contributed by atoms with E-state index in [1.165, 1.54) is 6.07 Å². The molecule has 1 aromatic rings. The van der Waals surface area contributed by atoms with Crippen LogP contribution in [0.4, 0.5) is 8.78 Å². The Kier molecular flexibility index (Phi) is 4.96. The number of nitrogens with one attached hydrogen (secondary N) is 1. The van der Waals surface area contributed by atoms with Crippen LogP contribution in [-0.4, -0.2) is 17.4 Å². The largest absolute Gasteiger partial charge is 0.393 e. The van der Waals surface area contributed by atoms with Gasteiger partial charge in [-0.1, -0.05) is 18.3 Å². The van der Waals surface area contributed by atoms with E-state index < -0.39 is 17.5 Å². The third kappa shape index (κ3) is 4.44. The lowest BCUT2D eigenvalue weighted by Gasteiger charge is -2.06. The maximum Gasteiger partial charge on any atom is 0.224 e. The molecular formula is C11H12F2N2OS. The number of carbonyl (C=O) groups is 1. The number of nitrogens with two attached hydrogens (primary N) is 1. The standard InChI is InChI=1S/C11H12F2N2OS/c12-8-2-1-3-9(13)7(8)6-11(16)15-5-4-10(14)17/h1-3H,4-6H2,(H2,14,17)(H,15,16). The van der Waals surface area contributed by atoms with Gasteiger partial charge >= 0.3 is 0 Å². The molecule has 0 spiro atoms. The van der Waals surface area contributed by atoms with E-state index >= 15 is 0 Å². The Balaban J connectivity index is 2.53. The average molecular weight is 258 g/mol. The minimum absolute atomic E-state index is 0.236. The second-order valence-corrected chi connectivity index (χ2v) is 3.97. The topological polar surface area (TPSA) is 55.1 Å². The van der Waals surface area contributed by atoms with Crippen molar-refractivity contribution in [3.05, 3.63) is 35.4 Å². The average Bonchev–Trinajstić information content (AvgIpc) is 2.23. The van der Waals surface area contributed by atoms with Crippen LogP contribution in [0.2, 0.25) is 0 Å². The van der Waals surface area contributed by atoms with Gasteiger partial charge in [0.05, 0.1) is 11.4 Å². The van der Waals surface area contributed by atoms with Crippen LogP contribution in [0.25, 0.3) is 0 Å². The Morgan fingerprint density at radius 2 is 1.94 bits per heavy atom. The van der Waals surface area contributed by atoms with E-state index in [9.17, 15) is 13.6 Å². The highest BCUT2D eigenvalue weighted by Crippen LogP contribution is 2.12. The lowest BCUT2D eigenvalue weighted by atomic mass is 10.1. The zero-order valence-electron chi connectivity index (χ0n) is 9.00. The van der Waals surface area contributed by atoms with Gasteiger partial charge < -0.3 is 11.1 Å². The SMILES string of the molecule is NC(=S)CCNC(=O)Cc1c(F)cccc1F. The molecule has 0 atom stereocenters. The van der Waals surface area contributed by atoms with Crippen molar-refractivity contribution >= 4 is 23.1 Å². The highest BCUT2D eigenvalue weighted by atomic mass is 32.1. The summed E-state index contributed by atoms with van der Waals surface area (Å²) in [5, 5.41) is 2.48. The van der Waals surface area contributed by atoms with E-state index in [-0.39, 0.29) is 23.5 Å². The van der Waals surface area contributed by atoms with Crippen molar-refractivity contribution in [1.29, 1.82) is 0 Å². The number of benzene rings is 1. The molecule has 0 saturated carbocycles. The highest BCUT2D eigenvalue weighted by molar-refractivity contribution is 7.80. The van der Waals surface area contributed by atoms with Crippen LogP contribution in [0.15, 0.2) is 18.2 Å². The maximum absolute atomic E-state index is 13.2. The summed E-state index contributed by atoms with van der Waals surface area (Å²) in [6.07, 6.45) is 0.0245. The van der Waals surface area contributed by atoms with Gasteiger partial charge in [0.2, 0.25) is 5.91 Å². The Hall–Kier alpha value is -1.56. The molecule has 0 aliphatic heterocycles. The van der Waals surface area contributed by atoms with Crippen molar-refractivity contribution in [3.8, 4) is 0 Å². The van der Waals surface area contributed by atoms with Crippen LogP contribution in [0.3, 0.4) is 0 Å². The Labute approximate surface area is 103 Å².